The number of hydrogen-bond acceptors (Lipinski definition) is 5. The lowest BCUT2D eigenvalue weighted by atomic mass is 10.1. The van der Waals surface area contributed by atoms with Gasteiger partial charge in [0.25, 0.3) is 5.56 Å². The third kappa shape index (κ3) is 3.16. The average molecular weight is 427 g/mol. The molecule has 2 aromatic carbocycles. The Bertz CT molecular complexity index is 898. The van der Waals surface area contributed by atoms with E-state index in [2.05, 4.69) is 32.6 Å². The number of benzene rings is 2. The molecule has 0 saturated carbocycles. The Labute approximate surface area is 140 Å². The van der Waals surface area contributed by atoms with E-state index in [-0.39, 0.29) is 11.7 Å². The van der Waals surface area contributed by atoms with Crippen LogP contribution in [0.4, 0.5) is 0 Å². The largest absolute Gasteiger partial charge is 0.407 e. The zero-order chi connectivity index (χ0) is 14.8. The molecule has 0 radical (unpaired) electrons. The molecule has 0 spiro atoms. The number of aromatic nitrogens is 2. The number of para-hydroxylation sites is 1. The van der Waals surface area contributed by atoms with E-state index < -0.39 is 8.69 Å². The number of nitrogens with zero attached hydrogens (tertiary/aromatic N) is 1. The number of halogens is 1. The molecule has 0 bridgehead atoms. The molecule has 0 unspecified atom stereocenters. The summed E-state index contributed by atoms with van der Waals surface area (Å²) < 4.78 is 16.6. The van der Waals surface area contributed by atoms with Gasteiger partial charge in [0.05, 0.1) is 16.5 Å². The molecule has 0 aliphatic rings. The summed E-state index contributed by atoms with van der Waals surface area (Å²) in [7, 11) is -0.457. The summed E-state index contributed by atoms with van der Waals surface area (Å²) in [6.07, 6.45) is 0. The molecule has 8 heteroatoms. The SMILES string of the molecule is N.O=POc1ccccc1-c1nc2ccc(I)cc2c(=O)[nH]1. The molecule has 0 aliphatic carbocycles. The van der Waals surface area contributed by atoms with Gasteiger partial charge in [0.1, 0.15) is 11.6 Å². The van der Waals surface area contributed by atoms with Crippen LogP contribution in [-0.4, -0.2) is 9.97 Å². The fourth-order valence-corrected chi connectivity index (χ4v) is 2.75. The minimum atomic E-state index is -0.457. The van der Waals surface area contributed by atoms with E-state index in [0.717, 1.165) is 3.57 Å². The minimum Gasteiger partial charge on any atom is -0.407 e. The number of aromatic amines is 1. The molecule has 0 atom stereocenters. The number of fused-ring (bicyclic) bond motifs is 1. The van der Waals surface area contributed by atoms with Gasteiger partial charge in [-0.25, -0.2) is 9.55 Å². The molecule has 22 heavy (non-hydrogen) atoms. The molecule has 6 nitrogen and oxygen atoms in total. The van der Waals surface area contributed by atoms with Crippen molar-refractivity contribution in [3.8, 4) is 17.1 Å². The van der Waals surface area contributed by atoms with Crippen LogP contribution in [0.3, 0.4) is 0 Å². The van der Waals surface area contributed by atoms with Gasteiger partial charge in [0.15, 0.2) is 0 Å². The fraction of sp³-hybridized carbons (Fsp3) is 0. The summed E-state index contributed by atoms with van der Waals surface area (Å²) >= 11 is 2.14. The van der Waals surface area contributed by atoms with Crippen LogP contribution >= 0.6 is 31.3 Å². The van der Waals surface area contributed by atoms with Crippen LogP contribution < -0.4 is 16.2 Å². The van der Waals surface area contributed by atoms with Gasteiger partial charge in [-0.3, -0.25) is 4.79 Å². The van der Waals surface area contributed by atoms with E-state index in [1.54, 1.807) is 36.4 Å². The number of H-pyrrole nitrogens is 1. The molecule has 3 aromatic rings. The van der Waals surface area contributed by atoms with E-state index in [9.17, 15) is 9.36 Å². The summed E-state index contributed by atoms with van der Waals surface area (Å²) in [5.74, 6) is 0.773. The van der Waals surface area contributed by atoms with Gasteiger partial charge >= 0.3 is 8.69 Å². The van der Waals surface area contributed by atoms with Gasteiger partial charge in [-0.15, -0.1) is 0 Å². The van der Waals surface area contributed by atoms with Gasteiger partial charge in [0.2, 0.25) is 0 Å². The van der Waals surface area contributed by atoms with Gasteiger partial charge in [-0.05, 0) is 52.9 Å². The normalized spacial score (nSPS) is 10.4. The minimum absolute atomic E-state index is 0. The molecular weight excluding hydrogens is 416 g/mol. The van der Waals surface area contributed by atoms with Crippen LogP contribution in [0, 0.1) is 3.57 Å². The third-order valence-electron chi connectivity index (χ3n) is 2.95. The van der Waals surface area contributed by atoms with Crippen molar-refractivity contribution < 1.29 is 9.09 Å². The van der Waals surface area contributed by atoms with E-state index in [4.69, 9.17) is 4.52 Å². The Kier molecular flexibility index (Phi) is 5.23. The Morgan fingerprint density at radius 3 is 2.73 bits per heavy atom. The fourth-order valence-electron chi connectivity index (χ4n) is 2.02. The highest BCUT2D eigenvalue weighted by atomic mass is 127. The highest BCUT2D eigenvalue weighted by Gasteiger charge is 2.11. The molecule has 0 saturated heterocycles. The maximum Gasteiger partial charge on any atom is 0.395 e. The average Bonchev–Trinajstić information content (AvgIpc) is 2.49. The molecule has 4 N–H and O–H groups in total. The molecule has 0 amide bonds. The van der Waals surface area contributed by atoms with Crippen molar-refractivity contribution in [2.24, 2.45) is 0 Å². The number of rotatable bonds is 3. The second-order valence-electron chi connectivity index (χ2n) is 4.24. The van der Waals surface area contributed by atoms with E-state index in [0.29, 0.717) is 28.0 Å². The van der Waals surface area contributed by atoms with Crippen molar-refractivity contribution in [1.29, 1.82) is 0 Å². The number of nitrogens with one attached hydrogen (secondary N) is 1. The zero-order valence-electron chi connectivity index (χ0n) is 11.2. The van der Waals surface area contributed by atoms with E-state index in [1.807, 2.05) is 6.07 Å². The molecule has 112 valence electrons. The van der Waals surface area contributed by atoms with Crippen LogP contribution in [-0.2, 0) is 4.57 Å². The summed E-state index contributed by atoms with van der Waals surface area (Å²) in [4.78, 5) is 19.4. The highest BCUT2D eigenvalue weighted by Crippen LogP contribution is 2.29. The molecule has 1 aromatic heterocycles. The maximum atomic E-state index is 12.2. The van der Waals surface area contributed by atoms with Crippen molar-refractivity contribution in [3.63, 3.8) is 0 Å². The standard InChI is InChI=1S/C14H8IN2O3P.H3N/c15-8-5-6-11-10(7-8)14(18)17-13(16-11)9-3-1-2-4-12(9)20-21-19;/h1-7H,(H,16,17,18);1H3. The molecule has 1 heterocycles. The summed E-state index contributed by atoms with van der Waals surface area (Å²) in [6.45, 7) is 0. The summed E-state index contributed by atoms with van der Waals surface area (Å²) in [5.41, 5.74) is 0.963. The lowest BCUT2D eigenvalue weighted by Crippen LogP contribution is -2.10. The lowest BCUT2D eigenvalue weighted by molar-refractivity contribution is 0.526. The molecule has 0 fully saturated rings. The van der Waals surface area contributed by atoms with E-state index in [1.165, 1.54) is 0 Å². The monoisotopic (exact) mass is 427 g/mol. The van der Waals surface area contributed by atoms with Crippen molar-refractivity contribution in [1.82, 2.24) is 16.1 Å². The van der Waals surface area contributed by atoms with Crippen LogP contribution in [0.15, 0.2) is 47.3 Å². The van der Waals surface area contributed by atoms with Crippen molar-refractivity contribution in [2.75, 3.05) is 0 Å². The van der Waals surface area contributed by atoms with Crippen LogP contribution in [0.5, 0.6) is 5.75 Å². The second-order valence-corrected chi connectivity index (χ2v) is 5.82. The maximum absolute atomic E-state index is 12.2. The smallest absolute Gasteiger partial charge is 0.395 e. The Hall–Kier alpha value is -1.83. The van der Waals surface area contributed by atoms with Crippen molar-refractivity contribution in [2.45, 2.75) is 0 Å². The quantitative estimate of drug-likeness (QED) is 0.487. The summed E-state index contributed by atoms with van der Waals surface area (Å²) in [6, 6.07) is 12.4. The van der Waals surface area contributed by atoms with Crippen LogP contribution in [0.1, 0.15) is 0 Å². The van der Waals surface area contributed by atoms with Crippen molar-refractivity contribution >= 4 is 42.2 Å². The molecular formula is C14H11IN3O3P. The first-order valence-corrected chi connectivity index (χ1v) is 7.78. The van der Waals surface area contributed by atoms with E-state index >= 15 is 0 Å². The van der Waals surface area contributed by atoms with Crippen molar-refractivity contribution in [3.05, 3.63) is 56.4 Å². The van der Waals surface area contributed by atoms with Crippen LogP contribution in [0.25, 0.3) is 22.3 Å². The van der Waals surface area contributed by atoms with Gasteiger partial charge in [0, 0.05) is 3.57 Å². The second kappa shape index (κ2) is 6.95. The van der Waals surface area contributed by atoms with Gasteiger partial charge < -0.3 is 15.7 Å². The first kappa shape index (κ1) is 16.5. The molecule has 0 aliphatic heterocycles. The Balaban J connectivity index is 0.00000176. The highest BCUT2D eigenvalue weighted by molar-refractivity contribution is 14.1. The third-order valence-corrected chi connectivity index (χ3v) is 3.89. The van der Waals surface area contributed by atoms with Gasteiger partial charge in [-0.2, -0.15) is 0 Å². The predicted octanol–water partition coefficient (Wildman–Crippen LogP) is 3.94. The zero-order valence-corrected chi connectivity index (χ0v) is 14.3. The van der Waals surface area contributed by atoms with Gasteiger partial charge in [-0.1, -0.05) is 12.1 Å². The number of hydrogen-bond donors (Lipinski definition) is 2. The lowest BCUT2D eigenvalue weighted by Gasteiger charge is -2.07. The first-order chi connectivity index (χ1) is 10.2. The summed E-state index contributed by atoms with van der Waals surface area (Å²) in [5, 5.41) is 0.533. The Morgan fingerprint density at radius 2 is 1.95 bits per heavy atom. The first-order valence-electron chi connectivity index (χ1n) is 5.97. The topological polar surface area (TPSA) is 107 Å². The Morgan fingerprint density at radius 1 is 1.18 bits per heavy atom. The predicted molar refractivity (Wildman–Crippen MR) is 93.8 cm³/mol. The molecule has 3 rings (SSSR count). The van der Waals surface area contributed by atoms with Crippen LogP contribution in [0.2, 0.25) is 0 Å².